The van der Waals surface area contributed by atoms with Gasteiger partial charge in [-0.25, -0.2) is 0 Å². The van der Waals surface area contributed by atoms with Gasteiger partial charge in [0.25, 0.3) is 5.91 Å². The average Bonchev–Trinajstić information content (AvgIpc) is 2.49. The van der Waals surface area contributed by atoms with Gasteiger partial charge < -0.3 is 21.1 Å². The Bertz CT molecular complexity index is 333. The van der Waals surface area contributed by atoms with Gasteiger partial charge in [0, 0.05) is 17.9 Å². The number of nitrogens with one attached hydrogen (secondary N) is 2. The second-order valence-corrected chi connectivity index (χ2v) is 3.81. The predicted octanol–water partition coefficient (Wildman–Crippen LogP) is 0.486. The molecule has 0 spiro atoms. The van der Waals surface area contributed by atoms with Crippen molar-refractivity contribution in [1.29, 1.82) is 0 Å². The first kappa shape index (κ1) is 11.6. The maximum Gasteiger partial charge on any atom is 0.267 e. The zero-order valence-corrected chi connectivity index (χ0v) is 8.95. The fraction of sp³-hybridized carbons (Fsp3) is 0.500. The van der Waals surface area contributed by atoms with Crippen LogP contribution in [0, 0.1) is 0 Å². The number of nitrogens with two attached hydrogens (primary N) is 1. The van der Waals surface area contributed by atoms with Crippen molar-refractivity contribution in [2.75, 3.05) is 5.73 Å². The smallest absolute Gasteiger partial charge is 0.267 e. The summed E-state index contributed by atoms with van der Waals surface area (Å²) in [6, 6.07) is 1.51. The van der Waals surface area contributed by atoms with E-state index in [1.54, 1.807) is 19.2 Å². The molecule has 5 heteroatoms. The van der Waals surface area contributed by atoms with Crippen LogP contribution in [0.4, 0.5) is 5.69 Å². The van der Waals surface area contributed by atoms with Crippen molar-refractivity contribution >= 4 is 11.6 Å². The Kier molecular flexibility index (Phi) is 3.74. The summed E-state index contributed by atoms with van der Waals surface area (Å²) in [6.07, 6.45) is 1.67. The van der Waals surface area contributed by atoms with E-state index in [1.165, 1.54) is 0 Å². The molecule has 0 saturated carbocycles. The molecule has 0 aromatic carbocycles. The average molecular weight is 211 g/mol. The summed E-state index contributed by atoms with van der Waals surface area (Å²) in [6.45, 7) is 3.53. The van der Waals surface area contributed by atoms with Crippen LogP contribution in [0.25, 0.3) is 0 Å². The molecule has 1 rings (SSSR count). The number of carbonyl (C=O) groups is 1. The van der Waals surface area contributed by atoms with E-state index in [4.69, 9.17) is 10.8 Å². The van der Waals surface area contributed by atoms with E-state index in [0.29, 0.717) is 17.8 Å². The molecule has 84 valence electrons. The number of aromatic nitrogens is 1. The number of hydrogen-bond donors (Lipinski definition) is 4. The lowest BCUT2D eigenvalue weighted by Crippen LogP contribution is -2.34. The van der Waals surface area contributed by atoms with Crippen molar-refractivity contribution < 1.29 is 9.90 Å². The summed E-state index contributed by atoms with van der Waals surface area (Å²) in [4.78, 5) is 14.3. The highest BCUT2D eigenvalue weighted by Crippen LogP contribution is 2.05. The zero-order valence-electron chi connectivity index (χ0n) is 8.95. The third-order valence-corrected chi connectivity index (χ3v) is 2.02. The number of anilines is 1. The molecule has 5 N–H and O–H groups in total. The Labute approximate surface area is 88.7 Å². The lowest BCUT2D eigenvalue weighted by atomic mass is 10.1. The number of amides is 1. The molecule has 0 aliphatic rings. The van der Waals surface area contributed by atoms with Crippen LogP contribution in [0.15, 0.2) is 12.3 Å². The van der Waals surface area contributed by atoms with E-state index in [9.17, 15) is 4.79 Å². The molecule has 0 saturated heterocycles. The molecular weight excluding hydrogens is 194 g/mol. The first-order valence-corrected chi connectivity index (χ1v) is 4.92. The Morgan fingerprint density at radius 2 is 2.33 bits per heavy atom. The van der Waals surface area contributed by atoms with Gasteiger partial charge in [0.1, 0.15) is 5.69 Å². The van der Waals surface area contributed by atoms with Crippen LogP contribution in [0.2, 0.25) is 0 Å². The van der Waals surface area contributed by atoms with E-state index in [2.05, 4.69) is 10.3 Å². The van der Waals surface area contributed by atoms with E-state index in [1.807, 2.05) is 6.92 Å². The van der Waals surface area contributed by atoms with Gasteiger partial charge >= 0.3 is 0 Å². The van der Waals surface area contributed by atoms with Crippen molar-refractivity contribution in [3.05, 3.63) is 18.0 Å². The summed E-state index contributed by atoms with van der Waals surface area (Å²) in [5.74, 6) is -0.208. The second kappa shape index (κ2) is 4.84. The lowest BCUT2D eigenvalue weighted by Gasteiger charge is -2.14. The van der Waals surface area contributed by atoms with Crippen LogP contribution in [0.1, 0.15) is 30.8 Å². The lowest BCUT2D eigenvalue weighted by molar-refractivity contribution is 0.0918. The van der Waals surface area contributed by atoms with Crippen molar-refractivity contribution in [2.24, 2.45) is 0 Å². The molecule has 1 aromatic heterocycles. The van der Waals surface area contributed by atoms with Gasteiger partial charge in [-0.2, -0.15) is 0 Å². The quantitative estimate of drug-likeness (QED) is 0.584. The Morgan fingerprint density at radius 3 is 2.80 bits per heavy atom. The Morgan fingerprint density at radius 1 is 1.67 bits per heavy atom. The third kappa shape index (κ3) is 3.63. The van der Waals surface area contributed by atoms with Crippen molar-refractivity contribution in [2.45, 2.75) is 32.4 Å². The minimum atomic E-state index is -0.422. The number of aliphatic hydroxyl groups excluding tert-OH is 1. The van der Waals surface area contributed by atoms with Crippen LogP contribution in [0.3, 0.4) is 0 Å². The molecule has 1 aromatic rings. The molecule has 2 atom stereocenters. The number of carbonyl (C=O) groups excluding carboxylic acids is 1. The largest absolute Gasteiger partial charge is 0.397 e. The third-order valence-electron chi connectivity index (χ3n) is 2.02. The van der Waals surface area contributed by atoms with Crippen molar-refractivity contribution in [3.8, 4) is 0 Å². The summed E-state index contributed by atoms with van der Waals surface area (Å²) in [5, 5.41) is 11.9. The van der Waals surface area contributed by atoms with Crippen LogP contribution in [-0.4, -0.2) is 28.1 Å². The van der Waals surface area contributed by atoms with Gasteiger partial charge in [-0.1, -0.05) is 0 Å². The highest BCUT2D eigenvalue weighted by molar-refractivity contribution is 5.93. The first-order valence-electron chi connectivity index (χ1n) is 4.92. The van der Waals surface area contributed by atoms with Gasteiger partial charge in [-0.15, -0.1) is 0 Å². The van der Waals surface area contributed by atoms with Crippen LogP contribution >= 0.6 is 0 Å². The molecule has 0 fully saturated rings. The fourth-order valence-corrected chi connectivity index (χ4v) is 1.41. The van der Waals surface area contributed by atoms with Crippen molar-refractivity contribution in [3.63, 3.8) is 0 Å². The molecular formula is C10H17N3O2. The maximum absolute atomic E-state index is 11.6. The predicted molar refractivity (Wildman–Crippen MR) is 58.4 cm³/mol. The topological polar surface area (TPSA) is 91.1 Å². The molecule has 0 bridgehead atoms. The highest BCUT2D eigenvalue weighted by atomic mass is 16.3. The van der Waals surface area contributed by atoms with Gasteiger partial charge in [-0.05, 0) is 26.3 Å². The molecule has 15 heavy (non-hydrogen) atoms. The standard InChI is InChI=1S/C10H17N3O2/c1-6(3-7(2)14)13-10(15)9-4-8(11)5-12-9/h4-7,12,14H,3,11H2,1-2H3,(H,13,15). The number of rotatable bonds is 4. The number of aromatic amines is 1. The maximum atomic E-state index is 11.6. The summed E-state index contributed by atoms with van der Waals surface area (Å²) in [5.41, 5.74) is 6.44. The summed E-state index contributed by atoms with van der Waals surface area (Å²) < 4.78 is 0. The van der Waals surface area contributed by atoms with Gasteiger partial charge in [0.15, 0.2) is 0 Å². The fourth-order valence-electron chi connectivity index (χ4n) is 1.41. The molecule has 5 nitrogen and oxygen atoms in total. The number of hydrogen-bond acceptors (Lipinski definition) is 3. The molecule has 0 radical (unpaired) electrons. The van der Waals surface area contributed by atoms with Crippen LogP contribution in [0.5, 0.6) is 0 Å². The zero-order chi connectivity index (χ0) is 11.4. The van der Waals surface area contributed by atoms with Gasteiger partial charge in [0.2, 0.25) is 0 Å². The van der Waals surface area contributed by atoms with E-state index >= 15 is 0 Å². The Hall–Kier alpha value is -1.49. The van der Waals surface area contributed by atoms with E-state index in [-0.39, 0.29) is 11.9 Å². The molecule has 1 heterocycles. The molecule has 2 unspecified atom stereocenters. The van der Waals surface area contributed by atoms with Gasteiger partial charge in [-0.3, -0.25) is 4.79 Å². The summed E-state index contributed by atoms with van der Waals surface area (Å²) in [7, 11) is 0. The minimum Gasteiger partial charge on any atom is -0.397 e. The SMILES string of the molecule is CC(O)CC(C)NC(=O)c1cc(N)c[nH]1. The van der Waals surface area contributed by atoms with Crippen LogP contribution < -0.4 is 11.1 Å². The minimum absolute atomic E-state index is 0.0676. The number of H-pyrrole nitrogens is 1. The summed E-state index contributed by atoms with van der Waals surface area (Å²) >= 11 is 0. The van der Waals surface area contributed by atoms with Gasteiger partial charge in [0.05, 0.1) is 6.10 Å². The van der Waals surface area contributed by atoms with Crippen molar-refractivity contribution in [1.82, 2.24) is 10.3 Å². The van der Waals surface area contributed by atoms with E-state index in [0.717, 1.165) is 0 Å². The number of aliphatic hydroxyl groups is 1. The molecule has 1 amide bonds. The molecule has 0 aliphatic carbocycles. The normalized spacial score (nSPS) is 14.6. The van der Waals surface area contributed by atoms with E-state index < -0.39 is 6.10 Å². The monoisotopic (exact) mass is 211 g/mol. The number of nitrogen functional groups attached to an aromatic ring is 1. The highest BCUT2D eigenvalue weighted by Gasteiger charge is 2.12. The molecule has 0 aliphatic heterocycles. The van der Waals surface area contributed by atoms with Crippen LogP contribution in [-0.2, 0) is 0 Å². The Balaban J connectivity index is 2.49. The first-order chi connectivity index (χ1) is 6.99. The second-order valence-electron chi connectivity index (χ2n) is 3.81.